The molecule has 35 heavy (non-hydrogen) atoms. The van der Waals surface area contributed by atoms with Crippen LogP contribution in [0, 0.1) is 12.3 Å². The molecule has 0 saturated carbocycles. The first-order chi connectivity index (χ1) is 16.8. The number of carbonyl (C=O) groups excluding carboxylic acids is 1. The fourth-order valence-corrected chi connectivity index (χ4v) is 5.97. The number of aryl methyl sites for hydroxylation is 1. The second kappa shape index (κ2) is 12.2. The van der Waals surface area contributed by atoms with Gasteiger partial charge in [0.25, 0.3) is 5.91 Å². The van der Waals surface area contributed by atoms with E-state index in [0.29, 0.717) is 4.80 Å². The third kappa shape index (κ3) is 6.25. The summed E-state index contributed by atoms with van der Waals surface area (Å²) in [4.78, 5) is 17.8. The largest absolute Gasteiger partial charge is 0.383 e. The molecular weight excluding hydrogens is 486 g/mol. The summed E-state index contributed by atoms with van der Waals surface area (Å²) in [5, 5.41) is 0. The zero-order valence-corrected chi connectivity index (χ0v) is 21.7. The number of benzene rings is 2. The van der Waals surface area contributed by atoms with Gasteiger partial charge in [0.1, 0.15) is 0 Å². The number of terminal acetylenes is 1. The van der Waals surface area contributed by atoms with Gasteiger partial charge in [-0.25, -0.2) is 8.42 Å². The molecule has 8 nitrogen and oxygen atoms in total. The van der Waals surface area contributed by atoms with Gasteiger partial charge in [-0.1, -0.05) is 30.2 Å². The number of carbonyl (C=O) groups is 1. The minimum absolute atomic E-state index is 0.0811. The molecule has 0 aliphatic rings. The van der Waals surface area contributed by atoms with Crippen LogP contribution in [-0.4, -0.2) is 63.7 Å². The maximum Gasteiger partial charge on any atom is 0.279 e. The number of nitrogens with zero attached hydrogens (tertiary/aromatic N) is 3. The maximum absolute atomic E-state index is 13.1. The molecular formula is C25H29N3O5S2. The third-order valence-electron chi connectivity index (χ3n) is 5.43. The second-order valence-electron chi connectivity index (χ2n) is 7.66. The van der Waals surface area contributed by atoms with Gasteiger partial charge in [-0.3, -0.25) is 4.79 Å². The van der Waals surface area contributed by atoms with E-state index < -0.39 is 15.9 Å². The molecule has 0 N–H and O–H groups in total. The Bertz CT molecular complexity index is 1380. The van der Waals surface area contributed by atoms with Crippen molar-refractivity contribution in [1.82, 2.24) is 8.87 Å². The molecule has 186 valence electrons. The van der Waals surface area contributed by atoms with Gasteiger partial charge in [0.15, 0.2) is 4.80 Å². The molecule has 10 heteroatoms. The Hall–Kier alpha value is -2.81. The van der Waals surface area contributed by atoms with Crippen LogP contribution in [0.1, 0.15) is 22.8 Å². The standard InChI is InChI=1S/C25H29N3O5S2/c1-5-13-28-22-12-7-19(6-2)18-23(22)34-25(28)26-24(29)20-8-10-21(11-9-20)35(30,31)27(14-16-32-3)15-17-33-4/h1,7-12,18H,6,13-17H2,2-4H3. The van der Waals surface area contributed by atoms with Gasteiger partial charge < -0.3 is 14.0 Å². The predicted octanol–water partition coefficient (Wildman–Crippen LogP) is 2.92. The molecule has 3 rings (SSSR count). The molecule has 0 aliphatic carbocycles. The van der Waals surface area contributed by atoms with Crippen molar-refractivity contribution in [3.63, 3.8) is 0 Å². The summed E-state index contributed by atoms with van der Waals surface area (Å²) in [6.07, 6.45) is 6.45. The van der Waals surface area contributed by atoms with Gasteiger partial charge in [0, 0.05) is 32.9 Å². The fourth-order valence-electron chi connectivity index (χ4n) is 3.48. The van der Waals surface area contributed by atoms with E-state index >= 15 is 0 Å². The summed E-state index contributed by atoms with van der Waals surface area (Å²) in [5.74, 6) is 2.14. The minimum Gasteiger partial charge on any atom is -0.383 e. The van der Waals surface area contributed by atoms with E-state index in [1.54, 1.807) is 0 Å². The zero-order chi connectivity index (χ0) is 25.4. The molecule has 3 aromatic rings. The van der Waals surface area contributed by atoms with Gasteiger partial charge in [-0.2, -0.15) is 9.30 Å². The molecule has 0 fully saturated rings. The van der Waals surface area contributed by atoms with Crippen molar-refractivity contribution < 1.29 is 22.7 Å². The molecule has 0 saturated heterocycles. The van der Waals surface area contributed by atoms with Crippen molar-refractivity contribution in [2.75, 3.05) is 40.5 Å². The Morgan fingerprint density at radius 1 is 1.11 bits per heavy atom. The lowest BCUT2D eigenvalue weighted by Gasteiger charge is -2.21. The van der Waals surface area contributed by atoms with Gasteiger partial charge in [0.05, 0.1) is 34.9 Å². The predicted molar refractivity (Wildman–Crippen MR) is 137 cm³/mol. The van der Waals surface area contributed by atoms with E-state index in [9.17, 15) is 13.2 Å². The SMILES string of the molecule is C#CCn1c(=NC(=O)c2ccc(S(=O)(=O)N(CCOC)CCOC)cc2)sc2cc(CC)ccc21. The van der Waals surface area contributed by atoms with Crippen LogP contribution in [0.2, 0.25) is 0 Å². The van der Waals surface area contributed by atoms with Gasteiger partial charge in [-0.15, -0.1) is 6.42 Å². The van der Waals surface area contributed by atoms with Crippen LogP contribution in [0.15, 0.2) is 52.4 Å². The lowest BCUT2D eigenvalue weighted by Crippen LogP contribution is -2.36. The average Bonchev–Trinajstić information content (AvgIpc) is 3.20. The van der Waals surface area contributed by atoms with Gasteiger partial charge >= 0.3 is 0 Å². The van der Waals surface area contributed by atoms with E-state index in [-0.39, 0.29) is 43.3 Å². The highest BCUT2D eigenvalue weighted by atomic mass is 32.2. The van der Waals surface area contributed by atoms with Crippen LogP contribution in [0.4, 0.5) is 0 Å². The lowest BCUT2D eigenvalue weighted by molar-refractivity contribution is 0.0998. The number of sulfonamides is 1. The first-order valence-corrected chi connectivity index (χ1v) is 13.3. The van der Waals surface area contributed by atoms with Crippen LogP contribution in [0.3, 0.4) is 0 Å². The molecule has 0 bridgehead atoms. The monoisotopic (exact) mass is 515 g/mol. The first kappa shape index (κ1) is 26.8. The third-order valence-corrected chi connectivity index (χ3v) is 8.38. The average molecular weight is 516 g/mol. The van der Waals surface area contributed by atoms with Crippen LogP contribution >= 0.6 is 11.3 Å². The van der Waals surface area contributed by atoms with Crippen LogP contribution in [0.25, 0.3) is 10.2 Å². The quantitative estimate of drug-likeness (QED) is 0.366. The first-order valence-electron chi connectivity index (χ1n) is 11.1. The fraction of sp³-hybridized carbons (Fsp3) is 0.360. The Labute approximate surface area is 209 Å². The van der Waals surface area contributed by atoms with Crippen molar-refractivity contribution in [2.45, 2.75) is 24.8 Å². The smallest absolute Gasteiger partial charge is 0.279 e. The molecule has 2 aromatic carbocycles. The number of hydrogen-bond donors (Lipinski definition) is 0. The minimum atomic E-state index is -3.78. The molecule has 1 amide bonds. The van der Waals surface area contributed by atoms with E-state index in [0.717, 1.165) is 16.6 Å². The maximum atomic E-state index is 13.1. The van der Waals surface area contributed by atoms with E-state index in [4.69, 9.17) is 15.9 Å². The molecule has 1 heterocycles. The molecule has 0 radical (unpaired) electrons. The molecule has 1 aromatic heterocycles. The van der Waals surface area contributed by atoms with Gasteiger partial charge in [-0.05, 0) is 48.4 Å². The number of methoxy groups -OCH3 is 2. The zero-order valence-electron chi connectivity index (χ0n) is 20.1. The van der Waals surface area contributed by atoms with E-state index in [1.165, 1.54) is 59.7 Å². The number of fused-ring (bicyclic) bond motifs is 1. The number of thiazole rings is 1. The Kier molecular flexibility index (Phi) is 9.37. The summed E-state index contributed by atoms with van der Waals surface area (Å²) >= 11 is 1.40. The van der Waals surface area contributed by atoms with Crippen LogP contribution in [0.5, 0.6) is 0 Å². The Morgan fingerprint density at radius 3 is 2.34 bits per heavy atom. The number of aromatic nitrogens is 1. The Morgan fingerprint density at radius 2 is 1.77 bits per heavy atom. The van der Waals surface area contributed by atoms with Crippen molar-refractivity contribution >= 4 is 37.5 Å². The molecule has 0 atom stereocenters. The molecule has 0 unspecified atom stereocenters. The number of amides is 1. The number of rotatable bonds is 11. The molecule has 0 aliphatic heterocycles. The summed E-state index contributed by atoms with van der Waals surface area (Å²) in [6, 6.07) is 11.9. The summed E-state index contributed by atoms with van der Waals surface area (Å²) in [5.41, 5.74) is 2.39. The van der Waals surface area contributed by atoms with Crippen LogP contribution < -0.4 is 4.80 Å². The second-order valence-corrected chi connectivity index (χ2v) is 10.6. The highest BCUT2D eigenvalue weighted by Crippen LogP contribution is 2.20. The molecule has 0 spiro atoms. The van der Waals surface area contributed by atoms with Crippen LogP contribution in [-0.2, 0) is 32.5 Å². The number of hydrogen-bond acceptors (Lipinski definition) is 6. The lowest BCUT2D eigenvalue weighted by atomic mass is 10.2. The summed E-state index contributed by atoms with van der Waals surface area (Å²) in [6.45, 7) is 3.26. The van der Waals surface area contributed by atoms with E-state index in [1.807, 2.05) is 16.7 Å². The van der Waals surface area contributed by atoms with Crippen molar-refractivity contribution in [3.05, 3.63) is 58.4 Å². The van der Waals surface area contributed by atoms with Gasteiger partial charge in [0.2, 0.25) is 10.0 Å². The highest BCUT2D eigenvalue weighted by Gasteiger charge is 2.24. The summed E-state index contributed by atoms with van der Waals surface area (Å²) in [7, 11) is -0.755. The van der Waals surface area contributed by atoms with Crippen molar-refractivity contribution in [2.24, 2.45) is 4.99 Å². The Balaban J connectivity index is 1.92. The highest BCUT2D eigenvalue weighted by molar-refractivity contribution is 7.89. The van der Waals surface area contributed by atoms with Crippen molar-refractivity contribution in [3.8, 4) is 12.3 Å². The topological polar surface area (TPSA) is 90.2 Å². The normalized spacial score (nSPS) is 12.4. The summed E-state index contributed by atoms with van der Waals surface area (Å²) < 4.78 is 40.3. The van der Waals surface area contributed by atoms with Crippen molar-refractivity contribution in [1.29, 1.82) is 0 Å². The number of ether oxygens (including phenoxy) is 2. The van der Waals surface area contributed by atoms with E-state index in [2.05, 4.69) is 23.9 Å².